The molecule has 20 heavy (non-hydrogen) atoms. The first-order valence-corrected chi connectivity index (χ1v) is 9.02. The van der Waals surface area contributed by atoms with E-state index in [1.54, 1.807) is 0 Å². The zero-order valence-electron chi connectivity index (χ0n) is 15.3. The van der Waals surface area contributed by atoms with Crippen molar-refractivity contribution in [2.75, 3.05) is 0 Å². The summed E-state index contributed by atoms with van der Waals surface area (Å²) in [6, 6.07) is 0. The molecule has 0 aromatic carbocycles. The zero-order valence-corrected chi connectivity index (χ0v) is 15.3. The summed E-state index contributed by atoms with van der Waals surface area (Å²) in [6.45, 7) is 20.0. The molecule has 3 aliphatic carbocycles. The fourth-order valence-electron chi connectivity index (χ4n) is 5.78. The van der Waals surface area contributed by atoms with Gasteiger partial charge in [0.25, 0.3) is 0 Å². The first kappa shape index (κ1) is 16.4. The number of hydrogen-bond acceptors (Lipinski definition) is 0. The SMILES string of the molecule is CCC(C)C(C)(C)CC(C)(C)C1CCC2CC1C2(C)C. The summed E-state index contributed by atoms with van der Waals surface area (Å²) in [5.74, 6) is 3.80. The summed E-state index contributed by atoms with van der Waals surface area (Å²) in [5.41, 5.74) is 1.60. The van der Waals surface area contributed by atoms with E-state index in [0.717, 1.165) is 23.7 Å². The average molecular weight is 279 g/mol. The van der Waals surface area contributed by atoms with Gasteiger partial charge in [-0.2, -0.15) is 0 Å². The van der Waals surface area contributed by atoms with Crippen LogP contribution in [-0.4, -0.2) is 0 Å². The van der Waals surface area contributed by atoms with Crippen LogP contribution in [0.4, 0.5) is 0 Å². The van der Waals surface area contributed by atoms with Gasteiger partial charge in [0.15, 0.2) is 0 Å². The Labute approximate surface area is 128 Å². The first-order chi connectivity index (χ1) is 9.02. The Morgan fingerprint density at radius 2 is 1.70 bits per heavy atom. The number of rotatable bonds is 5. The van der Waals surface area contributed by atoms with E-state index in [1.807, 2.05) is 0 Å². The first-order valence-electron chi connectivity index (χ1n) is 9.02. The molecule has 3 fully saturated rings. The monoisotopic (exact) mass is 278 g/mol. The van der Waals surface area contributed by atoms with Crippen LogP contribution in [0.3, 0.4) is 0 Å². The molecular formula is C20H38. The van der Waals surface area contributed by atoms with Crippen molar-refractivity contribution >= 4 is 0 Å². The minimum Gasteiger partial charge on any atom is -0.0651 e. The van der Waals surface area contributed by atoms with Crippen molar-refractivity contribution in [2.24, 2.45) is 39.9 Å². The predicted molar refractivity (Wildman–Crippen MR) is 89.7 cm³/mol. The number of hydrogen-bond donors (Lipinski definition) is 0. The molecule has 2 bridgehead atoms. The normalized spacial score (nSPS) is 34.5. The maximum absolute atomic E-state index is 2.57. The van der Waals surface area contributed by atoms with Crippen molar-refractivity contribution in [1.82, 2.24) is 0 Å². The van der Waals surface area contributed by atoms with Crippen LogP contribution < -0.4 is 0 Å². The highest BCUT2D eigenvalue weighted by Gasteiger charge is 2.57. The Kier molecular flexibility index (Phi) is 4.11. The van der Waals surface area contributed by atoms with Crippen LogP contribution in [0.15, 0.2) is 0 Å². The van der Waals surface area contributed by atoms with Gasteiger partial charge in [-0.15, -0.1) is 0 Å². The van der Waals surface area contributed by atoms with Gasteiger partial charge >= 0.3 is 0 Å². The van der Waals surface area contributed by atoms with Crippen LogP contribution >= 0.6 is 0 Å². The third kappa shape index (κ3) is 2.57. The predicted octanol–water partition coefficient (Wildman–Crippen LogP) is 6.55. The Hall–Kier alpha value is 0. The summed E-state index contributed by atoms with van der Waals surface area (Å²) in [5, 5.41) is 0. The Balaban J connectivity index is 2.10. The van der Waals surface area contributed by atoms with E-state index < -0.39 is 0 Å². The quantitative estimate of drug-likeness (QED) is 0.535. The summed E-state index contributed by atoms with van der Waals surface area (Å²) in [7, 11) is 0. The lowest BCUT2D eigenvalue weighted by Gasteiger charge is -2.64. The molecule has 4 atom stereocenters. The molecule has 0 spiro atoms. The Morgan fingerprint density at radius 3 is 2.15 bits per heavy atom. The summed E-state index contributed by atoms with van der Waals surface area (Å²) < 4.78 is 0. The second kappa shape index (κ2) is 5.03. The molecule has 0 saturated heterocycles. The minimum atomic E-state index is 0.475. The number of fused-ring (bicyclic) bond motifs is 2. The lowest BCUT2D eigenvalue weighted by molar-refractivity contribution is -0.145. The lowest BCUT2D eigenvalue weighted by Crippen LogP contribution is -2.56. The van der Waals surface area contributed by atoms with Gasteiger partial charge in [-0.25, -0.2) is 0 Å². The van der Waals surface area contributed by atoms with Crippen molar-refractivity contribution in [3.8, 4) is 0 Å². The maximum Gasteiger partial charge on any atom is -0.0295 e. The van der Waals surface area contributed by atoms with Gasteiger partial charge in [0.05, 0.1) is 0 Å². The van der Waals surface area contributed by atoms with Gasteiger partial charge in [-0.3, -0.25) is 0 Å². The third-order valence-corrected chi connectivity index (χ3v) is 7.72. The second-order valence-corrected chi connectivity index (χ2v) is 10.0. The van der Waals surface area contributed by atoms with Gasteiger partial charge in [-0.05, 0) is 65.6 Å². The molecule has 0 aliphatic heterocycles. The molecule has 0 heteroatoms. The molecule has 118 valence electrons. The van der Waals surface area contributed by atoms with Crippen LogP contribution in [0.1, 0.15) is 87.5 Å². The van der Waals surface area contributed by atoms with Crippen LogP contribution in [0, 0.1) is 39.9 Å². The summed E-state index contributed by atoms with van der Waals surface area (Å²) in [4.78, 5) is 0. The van der Waals surface area contributed by atoms with Gasteiger partial charge in [0.2, 0.25) is 0 Å². The molecule has 0 nitrogen and oxygen atoms in total. The van der Waals surface area contributed by atoms with E-state index in [9.17, 15) is 0 Å². The van der Waals surface area contributed by atoms with Crippen molar-refractivity contribution in [3.05, 3.63) is 0 Å². The molecule has 0 radical (unpaired) electrons. The molecule has 3 aliphatic rings. The van der Waals surface area contributed by atoms with Crippen molar-refractivity contribution in [3.63, 3.8) is 0 Å². The summed E-state index contributed by atoms with van der Waals surface area (Å²) in [6.07, 6.45) is 7.19. The van der Waals surface area contributed by atoms with Gasteiger partial charge < -0.3 is 0 Å². The molecule has 0 amide bonds. The van der Waals surface area contributed by atoms with E-state index >= 15 is 0 Å². The molecule has 0 heterocycles. The average Bonchev–Trinajstić information content (AvgIpc) is 2.36. The highest BCUT2D eigenvalue weighted by molar-refractivity contribution is 5.06. The van der Waals surface area contributed by atoms with Crippen LogP contribution in [-0.2, 0) is 0 Å². The molecular weight excluding hydrogens is 240 g/mol. The van der Waals surface area contributed by atoms with Gasteiger partial charge in [0, 0.05) is 0 Å². The second-order valence-electron chi connectivity index (χ2n) is 10.0. The molecule has 0 aromatic heterocycles. The van der Waals surface area contributed by atoms with E-state index in [0.29, 0.717) is 16.2 Å². The van der Waals surface area contributed by atoms with E-state index in [1.165, 1.54) is 32.1 Å². The van der Waals surface area contributed by atoms with E-state index in [-0.39, 0.29) is 0 Å². The molecule has 3 rings (SSSR count). The Morgan fingerprint density at radius 1 is 1.10 bits per heavy atom. The third-order valence-electron chi connectivity index (χ3n) is 7.72. The van der Waals surface area contributed by atoms with Crippen LogP contribution in [0.5, 0.6) is 0 Å². The molecule has 0 N–H and O–H groups in total. The molecule has 4 unspecified atom stereocenters. The zero-order chi connectivity index (χ0) is 15.3. The fraction of sp³-hybridized carbons (Fsp3) is 1.00. The van der Waals surface area contributed by atoms with Gasteiger partial charge in [-0.1, -0.05) is 61.8 Å². The molecule has 3 saturated carbocycles. The maximum atomic E-state index is 2.57. The topological polar surface area (TPSA) is 0 Å². The lowest BCUT2D eigenvalue weighted by atomic mass is 9.41. The van der Waals surface area contributed by atoms with Crippen molar-refractivity contribution in [1.29, 1.82) is 0 Å². The highest BCUT2D eigenvalue weighted by Crippen LogP contribution is 2.65. The Bertz CT molecular complexity index is 345. The van der Waals surface area contributed by atoms with Gasteiger partial charge in [0.1, 0.15) is 0 Å². The smallest absolute Gasteiger partial charge is 0.0295 e. The van der Waals surface area contributed by atoms with Crippen molar-refractivity contribution in [2.45, 2.75) is 87.5 Å². The van der Waals surface area contributed by atoms with E-state index in [4.69, 9.17) is 0 Å². The largest absolute Gasteiger partial charge is 0.0651 e. The van der Waals surface area contributed by atoms with Crippen LogP contribution in [0.2, 0.25) is 0 Å². The van der Waals surface area contributed by atoms with E-state index in [2.05, 4.69) is 55.4 Å². The minimum absolute atomic E-state index is 0.475. The molecule has 0 aromatic rings. The summed E-state index contributed by atoms with van der Waals surface area (Å²) >= 11 is 0. The van der Waals surface area contributed by atoms with Crippen molar-refractivity contribution < 1.29 is 0 Å². The highest BCUT2D eigenvalue weighted by atomic mass is 14.6. The van der Waals surface area contributed by atoms with Crippen LogP contribution in [0.25, 0.3) is 0 Å². The fourth-order valence-corrected chi connectivity index (χ4v) is 5.78. The standard InChI is InChI=1S/C20H38/c1-9-14(2)18(3,4)13-19(5,6)16-11-10-15-12-17(16)20(15,7)8/h14-17H,9-13H2,1-8H3.